The molecular formula is C12H22BrN3O2. The minimum Gasteiger partial charge on any atom is -0.396 e. The standard InChI is InChI=1S/C12H22BrN3O2/c1-4-16-11(12(13)9(2)15-16)7-14-10(5-6-17)8-18-3/h10,14,17H,4-8H2,1-3H3. The number of nitrogens with zero attached hydrogens (tertiary/aromatic N) is 2. The lowest BCUT2D eigenvalue weighted by Crippen LogP contribution is -2.34. The molecule has 1 atom stereocenters. The van der Waals surface area contributed by atoms with Crippen LogP contribution in [0.1, 0.15) is 24.7 Å². The van der Waals surface area contributed by atoms with Gasteiger partial charge in [0, 0.05) is 32.8 Å². The molecule has 104 valence electrons. The minimum absolute atomic E-state index is 0.160. The van der Waals surface area contributed by atoms with Crippen molar-refractivity contribution in [2.24, 2.45) is 0 Å². The number of hydrogen-bond acceptors (Lipinski definition) is 4. The smallest absolute Gasteiger partial charge is 0.0739 e. The van der Waals surface area contributed by atoms with Gasteiger partial charge >= 0.3 is 0 Å². The van der Waals surface area contributed by atoms with Crippen molar-refractivity contribution in [3.8, 4) is 0 Å². The third-order valence-electron chi connectivity index (χ3n) is 2.86. The lowest BCUT2D eigenvalue weighted by Gasteiger charge is -2.17. The second-order valence-corrected chi connectivity index (χ2v) is 5.00. The Hall–Kier alpha value is -0.430. The van der Waals surface area contributed by atoms with E-state index in [-0.39, 0.29) is 12.6 Å². The number of nitrogens with one attached hydrogen (secondary N) is 1. The molecule has 0 aliphatic carbocycles. The van der Waals surface area contributed by atoms with Crippen molar-refractivity contribution < 1.29 is 9.84 Å². The van der Waals surface area contributed by atoms with E-state index >= 15 is 0 Å². The van der Waals surface area contributed by atoms with Crippen LogP contribution in [0.25, 0.3) is 0 Å². The molecule has 1 aromatic heterocycles. The Kier molecular flexibility index (Phi) is 6.85. The zero-order valence-electron chi connectivity index (χ0n) is 11.2. The number of ether oxygens (including phenoxy) is 1. The summed E-state index contributed by atoms with van der Waals surface area (Å²) in [6.07, 6.45) is 0.685. The Labute approximate surface area is 117 Å². The molecule has 1 aromatic rings. The first-order valence-corrected chi connectivity index (χ1v) is 6.98. The van der Waals surface area contributed by atoms with E-state index < -0.39 is 0 Å². The first-order valence-electron chi connectivity index (χ1n) is 6.18. The Balaban J connectivity index is 2.66. The summed E-state index contributed by atoms with van der Waals surface area (Å²) in [5.41, 5.74) is 2.13. The van der Waals surface area contributed by atoms with Crippen LogP contribution in [0.5, 0.6) is 0 Å². The van der Waals surface area contributed by atoms with Gasteiger partial charge in [0.25, 0.3) is 0 Å². The number of aliphatic hydroxyl groups excluding tert-OH is 1. The van der Waals surface area contributed by atoms with Gasteiger partial charge in [-0.1, -0.05) is 0 Å². The van der Waals surface area contributed by atoms with Crippen molar-refractivity contribution in [1.29, 1.82) is 0 Å². The van der Waals surface area contributed by atoms with E-state index in [1.807, 2.05) is 11.6 Å². The SMILES string of the molecule is CCn1nc(C)c(Br)c1CNC(CCO)COC. The van der Waals surface area contributed by atoms with Crippen molar-refractivity contribution in [2.75, 3.05) is 20.3 Å². The molecule has 0 fully saturated rings. The van der Waals surface area contributed by atoms with Crippen molar-refractivity contribution in [1.82, 2.24) is 15.1 Å². The summed E-state index contributed by atoms with van der Waals surface area (Å²) in [5.74, 6) is 0. The quantitative estimate of drug-likeness (QED) is 0.761. The molecule has 0 saturated carbocycles. The van der Waals surface area contributed by atoms with Gasteiger partial charge in [0.2, 0.25) is 0 Å². The molecule has 0 aliphatic rings. The van der Waals surface area contributed by atoms with E-state index in [9.17, 15) is 0 Å². The molecule has 0 saturated heterocycles. The van der Waals surface area contributed by atoms with Crippen LogP contribution in [0.2, 0.25) is 0 Å². The Morgan fingerprint density at radius 1 is 1.56 bits per heavy atom. The van der Waals surface area contributed by atoms with Crippen LogP contribution in [-0.2, 0) is 17.8 Å². The van der Waals surface area contributed by atoms with Crippen LogP contribution in [0.4, 0.5) is 0 Å². The zero-order valence-corrected chi connectivity index (χ0v) is 12.8. The van der Waals surface area contributed by atoms with Crippen molar-refractivity contribution >= 4 is 15.9 Å². The van der Waals surface area contributed by atoms with Crippen LogP contribution in [-0.4, -0.2) is 41.3 Å². The molecule has 0 amide bonds. The summed E-state index contributed by atoms with van der Waals surface area (Å²) in [4.78, 5) is 0. The largest absolute Gasteiger partial charge is 0.396 e. The summed E-state index contributed by atoms with van der Waals surface area (Å²) in [7, 11) is 1.67. The van der Waals surface area contributed by atoms with Crippen LogP contribution < -0.4 is 5.32 Å². The Morgan fingerprint density at radius 3 is 2.83 bits per heavy atom. The number of rotatable bonds is 8. The molecule has 0 bridgehead atoms. The highest BCUT2D eigenvalue weighted by atomic mass is 79.9. The predicted octanol–water partition coefficient (Wildman–Crippen LogP) is 1.46. The summed E-state index contributed by atoms with van der Waals surface area (Å²) in [6.45, 7) is 6.37. The van der Waals surface area contributed by atoms with E-state index in [1.165, 1.54) is 0 Å². The zero-order chi connectivity index (χ0) is 13.5. The van der Waals surface area contributed by atoms with Crippen LogP contribution in [0, 0.1) is 6.92 Å². The highest BCUT2D eigenvalue weighted by molar-refractivity contribution is 9.10. The maximum atomic E-state index is 9.00. The molecule has 5 nitrogen and oxygen atoms in total. The fourth-order valence-corrected chi connectivity index (χ4v) is 2.30. The second-order valence-electron chi connectivity index (χ2n) is 4.21. The fraction of sp³-hybridized carbons (Fsp3) is 0.750. The number of halogens is 1. The first kappa shape index (κ1) is 15.6. The number of aromatic nitrogens is 2. The van der Waals surface area contributed by atoms with Gasteiger partial charge in [0.05, 0.1) is 22.5 Å². The molecule has 18 heavy (non-hydrogen) atoms. The fourth-order valence-electron chi connectivity index (χ4n) is 1.88. The van der Waals surface area contributed by atoms with E-state index in [1.54, 1.807) is 7.11 Å². The highest BCUT2D eigenvalue weighted by Crippen LogP contribution is 2.20. The number of aliphatic hydroxyl groups is 1. The summed E-state index contributed by atoms with van der Waals surface area (Å²) in [6, 6.07) is 0.160. The van der Waals surface area contributed by atoms with E-state index in [0.29, 0.717) is 19.6 Å². The molecule has 0 spiro atoms. The normalized spacial score (nSPS) is 12.9. The van der Waals surface area contributed by atoms with Gasteiger partial charge in [-0.25, -0.2) is 0 Å². The third kappa shape index (κ3) is 4.05. The predicted molar refractivity (Wildman–Crippen MR) is 74.5 cm³/mol. The van der Waals surface area contributed by atoms with Crippen molar-refractivity contribution in [3.05, 3.63) is 15.9 Å². The van der Waals surface area contributed by atoms with E-state index in [0.717, 1.165) is 22.4 Å². The molecule has 6 heteroatoms. The average Bonchev–Trinajstić information content (AvgIpc) is 2.63. The van der Waals surface area contributed by atoms with Gasteiger partial charge in [-0.3, -0.25) is 4.68 Å². The molecule has 0 radical (unpaired) electrons. The molecule has 1 heterocycles. The average molecular weight is 320 g/mol. The maximum Gasteiger partial charge on any atom is 0.0739 e. The molecule has 1 unspecified atom stereocenters. The highest BCUT2D eigenvalue weighted by Gasteiger charge is 2.14. The first-order chi connectivity index (χ1) is 8.63. The number of methoxy groups -OCH3 is 1. The van der Waals surface area contributed by atoms with Gasteiger partial charge in [-0.2, -0.15) is 5.10 Å². The summed E-state index contributed by atoms with van der Waals surface area (Å²) < 4.78 is 8.16. The van der Waals surface area contributed by atoms with E-state index in [4.69, 9.17) is 9.84 Å². The Morgan fingerprint density at radius 2 is 2.28 bits per heavy atom. The van der Waals surface area contributed by atoms with Gasteiger partial charge < -0.3 is 15.2 Å². The maximum absolute atomic E-state index is 9.00. The molecule has 0 aromatic carbocycles. The van der Waals surface area contributed by atoms with Gasteiger partial charge in [-0.15, -0.1) is 0 Å². The Bertz CT molecular complexity index is 362. The number of aryl methyl sites for hydroxylation is 2. The number of hydrogen-bond donors (Lipinski definition) is 2. The molecular weight excluding hydrogens is 298 g/mol. The van der Waals surface area contributed by atoms with Crippen LogP contribution >= 0.6 is 15.9 Å². The van der Waals surface area contributed by atoms with Crippen LogP contribution in [0.15, 0.2) is 4.47 Å². The lowest BCUT2D eigenvalue weighted by molar-refractivity contribution is 0.147. The monoisotopic (exact) mass is 319 g/mol. The van der Waals surface area contributed by atoms with Crippen molar-refractivity contribution in [3.63, 3.8) is 0 Å². The molecule has 1 rings (SSSR count). The topological polar surface area (TPSA) is 59.3 Å². The van der Waals surface area contributed by atoms with Gasteiger partial charge in [-0.05, 0) is 36.2 Å². The lowest BCUT2D eigenvalue weighted by atomic mass is 10.2. The summed E-state index contributed by atoms with van der Waals surface area (Å²) in [5, 5.41) is 16.8. The summed E-state index contributed by atoms with van der Waals surface area (Å²) >= 11 is 3.57. The third-order valence-corrected chi connectivity index (χ3v) is 3.89. The van der Waals surface area contributed by atoms with Gasteiger partial charge in [0.15, 0.2) is 0 Å². The minimum atomic E-state index is 0.160. The molecule has 0 aliphatic heterocycles. The second kappa shape index (κ2) is 7.89. The van der Waals surface area contributed by atoms with Gasteiger partial charge in [0.1, 0.15) is 0 Å². The van der Waals surface area contributed by atoms with E-state index in [2.05, 4.69) is 33.3 Å². The van der Waals surface area contributed by atoms with Crippen LogP contribution in [0.3, 0.4) is 0 Å². The molecule has 2 N–H and O–H groups in total. The van der Waals surface area contributed by atoms with Crippen molar-refractivity contribution in [2.45, 2.75) is 39.4 Å².